The number of aromatic nitrogens is 4. The van der Waals surface area contributed by atoms with Crippen molar-refractivity contribution in [1.29, 1.82) is 0 Å². The lowest BCUT2D eigenvalue weighted by atomic mass is 10.3. The van der Waals surface area contributed by atoms with Crippen molar-refractivity contribution in [1.82, 2.24) is 25.7 Å². The Kier molecular flexibility index (Phi) is 4.24. The Hall–Kier alpha value is -1.96. The third-order valence-corrected chi connectivity index (χ3v) is 3.03. The summed E-state index contributed by atoms with van der Waals surface area (Å²) < 4.78 is 0. The molecule has 96 valence electrons. The van der Waals surface area contributed by atoms with E-state index in [4.69, 9.17) is 0 Å². The van der Waals surface area contributed by atoms with Crippen molar-refractivity contribution < 1.29 is 4.79 Å². The van der Waals surface area contributed by atoms with Gasteiger partial charge in [0.25, 0.3) is 5.91 Å². The molecule has 8 heteroatoms. The molecule has 0 saturated heterocycles. The maximum atomic E-state index is 11.8. The van der Waals surface area contributed by atoms with Crippen LogP contribution in [0.4, 0.5) is 5.13 Å². The zero-order valence-corrected chi connectivity index (χ0v) is 10.8. The minimum atomic E-state index is -0.224. The molecule has 0 spiro atoms. The maximum absolute atomic E-state index is 11.8. The van der Waals surface area contributed by atoms with Crippen LogP contribution in [0.15, 0.2) is 12.4 Å². The second-order valence-corrected chi connectivity index (χ2v) is 4.61. The van der Waals surface area contributed by atoms with E-state index in [9.17, 15) is 4.79 Å². The average Bonchev–Trinajstić information content (AvgIpc) is 3.04. The first kappa shape index (κ1) is 12.5. The Morgan fingerprint density at radius 1 is 1.50 bits per heavy atom. The van der Waals surface area contributed by atoms with Gasteiger partial charge in [0.05, 0.1) is 6.20 Å². The van der Waals surface area contributed by atoms with Crippen LogP contribution in [0.1, 0.15) is 28.7 Å². The van der Waals surface area contributed by atoms with E-state index in [1.165, 1.54) is 11.3 Å². The number of rotatable bonds is 6. The first-order valence-corrected chi connectivity index (χ1v) is 6.44. The molecule has 0 aliphatic rings. The van der Waals surface area contributed by atoms with E-state index in [-0.39, 0.29) is 5.91 Å². The van der Waals surface area contributed by atoms with E-state index in [0.29, 0.717) is 16.7 Å². The van der Waals surface area contributed by atoms with E-state index < -0.39 is 0 Å². The molecule has 0 atom stereocenters. The van der Waals surface area contributed by atoms with E-state index in [1.807, 2.05) is 0 Å². The lowest BCUT2D eigenvalue weighted by molar-refractivity contribution is 0.0950. The fourth-order valence-corrected chi connectivity index (χ4v) is 1.94. The molecule has 2 aromatic rings. The van der Waals surface area contributed by atoms with Crippen LogP contribution in [0.3, 0.4) is 0 Å². The monoisotopic (exact) mass is 266 g/mol. The van der Waals surface area contributed by atoms with Gasteiger partial charge < -0.3 is 10.6 Å². The Labute approximate surface area is 108 Å². The molecule has 0 aromatic carbocycles. The quantitative estimate of drug-likeness (QED) is 0.725. The average molecular weight is 266 g/mol. The molecule has 0 fully saturated rings. The third kappa shape index (κ3) is 3.27. The minimum absolute atomic E-state index is 0.224. The summed E-state index contributed by atoms with van der Waals surface area (Å²) in [6.45, 7) is 3.31. The van der Waals surface area contributed by atoms with Crippen LogP contribution in [0.2, 0.25) is 0 Å². The summed E-state index contributed by atoms with van der Waals surface area (Å²) in [6.07, 6.45) is 4.39. The Morgan fingerprint density at radius 2 is 2.39 bits per heavy atom. The number of carbonyl (C=O) groups excluding carboxylic acids is 1. The normalized spacial score (nSPS) is 10.3. The highest BCUT2D eigenvalue weighted by Crippen LogP contribution is 2.14. The van der Waals surface area contributed by atoms with Gasteiger partial charge in [-0.15, -0.1) is 10.2 Å². The van der Waals surface area contributed by atoms with Crippen molar-refractivity contribution in [3.63, 3.8) is 0 Å². The number of hydrogen-bond acceptors (Lipinski definition) is 6. The number of nitrogens with one attached hydrogen (secondary N) is 3. The molecule has 0 saturated carbocycles. The first-order chi connectivity index (χ1) is 8.79. The predicted octanol–water partition coefficient (Wildman–Crippen LogP) is 1.01. The van der Waals surface area contributed by atoms with Gasteiger partial charge in [0, 0.05) is 24.8 Å². The predicted molar refractivity (Wildman–Crippen MR) is 68.4 cm³/mol. The van der Waals surface area contributed by atoms with Gasteiger partial charge in [-0.05, 0) is 6.42 Å². The van der Waals surface area contributed by atoms with Gasteiger partial charge in [-0.2, -0.15) is 5.10 Å². The first-order valence-electron chi connectivity index (χ1n) is 5.63. The maximum Gasteiger partial charge on any atom is 0.282 e. The zero-order chi connectivity index (χ0) is 12.8. The molecular formula is C10H14N6OS. The van der Waals surface area contributed by atoms with Crippen molar-refractivity contribution in [3.8, 4) is 0 Å². The summed E-state index contributed by atoms with van der Waals surface area (Å²) in [5.74, 6) is -0.224. The topological polar surface area (TPSA) is 95.6 Å². The lowest BCUT2D eigenvalue weighted by Gasteiger charge is -1.99. The van der Waals surface area contributed by atoms with Crippen molar-refractivity contribution in [2.24, 2.45) is 0 Å². The van der Waals surface area contributed by atoms with Gasteiger partial charge >= 0.3 is 0 Å². The fraction of sp³-hybridized carbons (Fsp3) is 0.400. The van der Waals surface area contributed by atoms with Crippen LogP contribution >= 0.6 is 11.3 Å². The van der Waals surface area contributed by atoms with Gasteiger partial charge in [0.2, 0.25) is 10.1 Å². The molecule has 0 aliphatic carbocycles. The number of nitrogens with zero attached hydrogens (tertiary/aromatic N) is 3. The molecule has 0 aliphatic heterocycles. The third-order valence-electron chi connectivity index (χ3n) is 2.15. The largest absolute Gasteiger partial charge is 0.360 e. The van der Waals surface area contributed by atoms with Crippen molar-refractivity contribution >= 4 is 22.4 Å². The number of carbonyl (C=O) groups is 1. The molecule has 0 bridgehead atoms. The molecule has 18 heavy (non-hydrogen) atoms. The summed E-state index contributed by atoms with van der Waals surface area (Å²) >= 11 is 1.25. The molecule has 0 unspecified atom stereocenters. The van der Waals surface area contributed by atoms with Crippen LogP contribution in [0.25, 0.3) is 0 Å². The number of H-pyrrole nitrogens is 1. The zero-order valence-electron chi connectivity index (χ0n) is 9.93. The SMILES string of the molecule is CCCNc1nnc(C(=O)NCc2cn[nH]c2)s1. The lowest BCUT2D eigenvalue weighted by Crippen LogP contribution is -2.22. The Morgan fingerprint density at radius 3 is 3.11 bits per heavy atom. The van der Waals surface area contributed by atoms with E-state index >= 15 is 0 Å². The van der Waals surface area contributed by atoms with Crippen LogP contribution in [-0.2, 0) is 6.54 Å². The van der Waals surface area contributed by atoms with Crippen LogP contribution < -0.4 is 10.6 Å². The summed E-state index contributed by atoms with van der Waals surface area (Å²) in [5, 5.41) is 21.1. The van der Waals surface area contributed by atoms with Crippen LogP contribution in [0, 0.1) is 0 Å². The molecule has 2 rings (SSSR count). The standard InChI is InChI=1S/C10H14N6OS/c1-2-3-11-10-16-15-9(18-10)8(17)12-4-7-5-13-14-6-7/h5-6H,2-4H2,1H3,(H,11,16)(H,12,17)(H,13,14). The smallest absolute Gasteiger partial charge is 0.282 e. The van der Waals surface area contributed by atoms with Crippen LogP contribution in [-0.4, -0.2) is 32.8 Å². The van der Waals surface area contributed by atoms with E-state index in [1.54, 1.807) is 12.4 Å². The van der Waals surface area contributed by atoms with Gasteiger partial charge in [0.1, 0.15) is 0 Å². The highest BCUT2D eigenvalue weighted by Gasteiger charge is 2.12. The molecular weight excluding hydrogens is 252 g/mol. The summed E-state index contributed by atoms with van der Waals surface area (Å²) in [7, 11) is 0. The van der Waals surface area contributed by atoms with E-state index in [2.05, 4.69) is 38.0 Å². The van der Waals surface area contributed by atoms with Gasteiger partial charge in [-0.25, -0.2) is 0 Å². The van der Waals surface area contributed by atoms with Crippen molar-refractivity contribution in [2.45, 2.75) is 19.9 Å². The molecule has 2 aromatic heterocycles. The van der Waals surface area contributed by atoms with Gasteiger partial charge in [-0.1, -0.05) is 18.3 Å². The van der Waals surface area contributed by atoms with Gasteiger partial charge in [-0.3, -0.25) is 9.89 Å². The van der Waals surface area contributed by atoms with Gasteiger partial charge in [0.15, 0.2) is 0 Å². The molecule has 2 heterocycles. The Balaban J connectivity index is 1.86. The molecule has 0 radical (unpaired) electrons. The number of anilines is 1. The summed E-state index contributed by atoms with van der Waals surface area (Å²) in [5.41, 5.74) is 0.914. The highest BCUT2D eigenvalue weighted by molar-refractivity contribution is 7.17. The minimum Gasteiger partial charge on any atom is -0.360 e. The molecule has 7 nitrogen and oxygen atoms in total. The van der Waals surface area contributed by atoms with Crippen molar-refractivity contribution in [3.05, 3.63) is 23.0 Å². The molecule has 1 amide bonds. The Bertz CT molecular complexity index is 494. The highest BCUT2D eigenvalue weighted by atomic mass is 32.1. The number of hydrogen-bond donors (Lipinski definition) is 3. The fourth-order valence-electron chi connectivity index (χ4n) is 1.25. The number of aromatic amines is 1. The van der Waals surface area contributed by atoms with Crippen molar-refractivity contribution in [2.75, 3.05) is 11.9 Å². The van der Waals surface area contributed by atoms with Crippen LogP contribution in [0.5, 0.6) is 0 Å². The van der Waals surface area contributed by atoms with E-state index in [0.717, 1.165) is 18.5 Å². The summed E-state index contributed by atoms with van der Waals surface area (Å²) in [4.78, 5) is 11.8. The second-order valence-electron chi connectivity index (χ2n) is 3.63. The summed E-state index contributed by atoms with van der Waals surface area (Å²) in [6, 6.07) is 0. The number of amides is 1. The second kappa shape index (κ2) is 6.10. The molecule has 3 N–H and O–H groups in total.